The predicted molar refractivity (Wildman–Crippen MR) is 41.4 cm³/mol. The van der Waals surface area contributed by atoms with Gasteiger partial charge < -0.3 is 5.11 Å². The van der Waals surface area contributed by atoms with Gasteiger partial charge in [-0.2, -0.15) is 13.5 Å². The molecule has 0 bridgehead atoms. The second kappa shape index (κ2) is 3.37. The topological polar surface area (TPSA) is 50.9 Å². The van der Waals surface area contributed by atoms with Gasteiger partial charge in [-0.15, -0.1) is 5.10 Å². The molecule has 0 atom stereocenters. The molecule has 0 aliphatic carbocycles. The standard InChI is InChI=1S/C7H11F2N3O/c1-5(2)6-3-12(11-10-6)7(8,9)4-13/h3,5,13H,4H2,1-2H3. The van der Waals surface area contributed by atoms with Crippen molar-refractivity contribution in [2.24, 2.45) is 0 Å². The fraction of sp³-hybridized carbons (Fsp3) is 0.714. The quantitative estimate of drug-likeness (QED) is 0.773. The largest absolute Gasteiger partial charge is 0.388 e. The number of aromatic nitrogens is 3. The third-order valence-electron chi connectivity index (χ3n) is 1.63. The Bertz CT molecular complexity index is 285. The molecule has 0 saturated carbocycles. The van der Waals surface area contributed by atoms with Crippen LogP contribution in [-0.2, 0) is 6.05 Å². The summed E-state index contributed by atoms with van der Waals surface area (Å²) in [4.78, 5) is 0. The average Bonchev–Trinajstić information content (AvgIpc) is 2.52. The Morgan fingerprint density at radius 1 is 1.62 bits per heavy atom. The molecule has 0 aliphatic heterocycles. The highest BCUT2D eigenvalue weighted by molar-refractivity contribution is 4.98. The van der Waals surface area contributed by atoms with Crippen LogP contribution in [0.5, 0.6) is 0 Å². The molecule has 6 heteroatoms. The lowest BCUT2D eigenvalue weighted by Crippen LogP contribution is -2.27. The number of hydrogen-bond acceptors (Lipinski definition) is 3. The molecule has 0 aromatic carbocycles. The Morgan fingerprint density at radius 2 is 2.23 bits per heavy atom. The first-order valence-corrected chi connectivity index (χ1v) is 3.89. The zero-order valence-corrected chi connectivity index (χ0v) is 7.41. The van der Waals surface area contributed by atoms with Gasteiger partial charge in [0, 0.05) is 0 Å². The number of rotatable bonds is 3. The van der Waals surface area contributed by atoms with Crippen molar-refractivity contribution in [2.75, 3.05) is 6.61 Å². The van der Waals surface area contributed by atoms with E-state index in [1.807, 2.05) is 13.8 Å². The van der Waals surface area contributed by atoms with Gasteiger partial charge in [0.05, 0.1) is 11.9 Å². The molecule has 0 unspecified atom stereocenters. The number of alkyl halides is 2. The van der Waals surface area contributed by atoms with E-state index in [9.17, 15) is 8.78 Å². The van der Waals surface area contributed by atoms with Crippen LogP contribution in [0.25, 0.3) is 0 Å². The number of hydrogen-bond donors (Lipinski definition) is 1. The highest BCUT2D eigenvalue weighted by Gasteiger charge is 2.31. The van der Waals surface area contributed by atoms with Crippen molar-refractivity contribution in [1.29, 1.82) is 0 Å². The molecule has 4 nitrogen and oxygen atoms in total. The molecule has 0 saturated heterocycles. The predicted octanol–water partition coefficient (Wildman–Crippen LogP) is 0.943. The van der Waals surface area contributed by atoms with Gasteiger partial charge in [-0.05, 0) is 5.92 Å². The monoisotopic (exact) mass is 191 g/mol. The summed E-state index contributed by atoms with van der Waals surface area (Å²) in [6.07, 6.45) is 1.14. The van der Waals surface area contributed by atoms with E-state index in [1.54, 1.807) is 0 Å². The number of nitrogens with zero attached hydrogens (tertiary/aromatic N) is 3. The van der Waals surface area contributed by atoms with Crippen molar-refractivity contribution < 1.29 is 13.9 Å². The third-order valence-corrected chi connectivity index (χ3v) is 1.63. The van der Waals surface area contributed by atoms with E-state index >= 15 is 0 Å². The number of halogens is 2. The van der Waals surface area contributed by atoms with Crippen LogP contribution in [-0.4, -0.2) is 26.7 Å². The number of aliphatic hydroxyl groups excluding tert-OH is 1. The maximum atomic E-state index is 12.8. The molecule has 0 spiro atoms. The van der Waals surface area contributed by atoms with Gasteiger partial charge >= 0.3 is 6.05 Å². The van der Waals surface area contributed by atoms with Crippen LogP contribution < -0.4 is 0 Å². The summed E-state index contributed by atoms with van der Waals surface area (Å²) in [7, 11) is 0. The highest BCUT2D eigenvalue weighted by Crippen LogP contribution is 2.20. The van der Waals surface area contributed by atoms with Crippen LogP contribution in [0.15, 0.2) is 6.20 Å². The highest BCUT2D eigenvalue weighted by atomic mass is 19.3. The molecule has 1 N–H and O–H groups in total. The van der Waals surface area contributed by atoms with Gasteiger partial charge in [-0.25, -0.2) is 0 Å². The van der Waals surface area contributed by atoms with Gasteiger partial charge in [-0.1, -0.05) is 19.1 Å². The maximum Gasteiger partial charge on any atom is 0.367 e. The second-order valence-electron chi connectivity index (χ2n) is 3.07. The van der Waals surface area contributed by atoms with E-state index in [0.717, 1.165) is 6.20 Å². The van der Waals surface area contributed by atoms with Crippen LogP contribution in [0.1, 0.15) is 25.5 Å². The summed E-state index contributed by atoms with van der Waals surface area (Å²) in [6.45, 7) is 2.38. The Balaban J connectivity index is 2.91. The molecule has 13 heavy (non-hydrogen) atoms. The Kier molecular flexibility index (Phi) is 2.60. The van der Waals surface area contributed by atoms with E-state index in [-0.39, 0.29) is 5.92 Å². The molecule has 1 aromatic rings. The van der Waals surface area contributed by atoms with E-state index in [0.29, 0.717) is 10.4 Å². The SMILES string of the molecule is CC(C)c1cn(C(F)(F)CO)nn1. The number of aliphatic hydroxyl groups is 1. The van der Waals surface area contributed by atoms with Gasteiger partial charge in [0.25, 0.3) is 0 Å². The lowest BCUT2D eigenvalue weighted by Gasteiger charge is -2.11. The third kappa shape index (κ3) is 2.00. The molecule has 74 valence electrons. The lowest BCUT2D eigenvalue weighted by atomic mass is 10.2. The summed E-state index contributed by atoms with van der Waals surface area (Å²) in [5, 5.41) is 15.1. The molecule has 0 fully saturated rings. The Labute approximate surface area is 74.2 Å². The summed E-state index contributed by atoms with van der Waals surface area (Å²) in [5.74, 6) is 0.0447. The van der Waals surface area contributed by atoms with Gasteiger partial charge in [0.15, 0.2) is 0 Å². The van der Waals surface area contributed by atoms with Gasteiger partial charge in [0.2, 0.25) is 0 Å². The smallest absolute Gasteiger partial charge is 0.367 e. The fourth-order valence-corrected chi connectivity index (χ4v) is 0.774. The van der Waals surface area contributed by atoms with Crippen LogP contribution in [0.2, 0.25) is 0 Å². The molecular weight excluding hydrogens is 180 g/mol. The van der Waals surface area contributed by atoms with Crippen molar-refractivity contribution in [3.8, 4) is 0 Å². The van der Waals surface area contributed by atoms with E-state index < -0.39 is 12.7 Å². The second-order valence-corrected chi connectivity index (χ2v) is 3.07. The average molecular weight is 191 g/mol. The maximum absolute atomic E-state index is 12.8. The van der Waals surface area contributed by atoms with Crippen molar-refractivity contribution in [1.82, 2.24) is 15.0 Å². The zero-order chi connectivity index (χ0) is 10.1. The minimum Gasteiger partial charge on any atom is -0.388 e. The van der Waals surface area contributed by atoms with Crippen LogP contribution >= 0.6 is 0 Å². The van der Waals surface area contributed by atoms with Gasteiger partial charge in [0.1, 0.15) is 6.61 Å². The first kappa shape index (κ1) is 10.0. The fourth-order valence-electron chi connectivity index (χ4n) is 0.774. The van der Waals surface area contributed by atoms with Crippen molar-refractivity contribution in [2.45, 2.75) is 25.8 Å². The Morgan fingerprint density at radius 3 is 2.62 bits per heavy atom. The molecule has 0 aliphatic rings. The minimum atomic E-state index is -3.36. The first-order chi connectivity index (χ1) is 5.97. The minimum absolute atomic E-state index is 0.0447. The van der Waals surface area contributed by atoms with Gasteiger partial charge in [-0.3, -0.25) is 0 Å². The van der Waals surface area contributed by atoms with Crippen molar-refractivity contribution in [3.63, 3.8) is 0 Å². The summed E-state index contributed by atoms with van der Waals surface area (Å²) >= 11 is 0. The zero-order valence-electron chi connectivity index (χ0n) is 7.41. The van der Waals surface area contributed by atoms with Crippen molar-refractivity contribution in [3.05, 3.63) is 11.9 Å². The molecule has 1 heterocycles. The molecule has 0 amide bonds. The van der Waals surface area contributed by atoms with Crippen LogP contribution in [0.3, 0.4) is 0 Å². The molecule has 1 rings (SSSR count). The Hall–Kier alpha value is -1.04. The molecule has 1 aromatic heterocycles. The van der Waals surface area contributed by atoms with Crippen LogP contribution in [0, 0.1) is 0 Å². The van der Waals surface area contributed by atoms with Crippen molar-refractivity contribution >= 4 is 0 Å². The molecular formula is C7H11F2N3O. The summed E-state index contributed by atoms with van der Waals surface area (Å²) < 4.78 is 25.9. The normalized spacial score (nSPS) is 12.5. The van der Waals surface area contributed by atoms with E-state index in [1.165, 1.54) is 0 Å². The lowest BCUT2D eigenvalue weighted by molar-refractivity contribution is -0.131. The molecule has 0 radical (unpaired) electrons. The van der Waals surface area contributed by atoms with Crippen LogP contribution in [0.4, 0.5) is 8.78 Å². The van der Waals surface area contributed by atoms with E-state index in [2.05, 4.69) is 10.3 Å². The summed E-state index contributed by atoms with van der Waals surface area (Å²) in [5.41, 5.74) is 0.480. The first-order valence-electron chi connectivity index (χ1n) is 3.89. The summed E-state index contributed by atoms with van der Waals surface area (Å²) in [6, 6.07) is -3.36. The van der Waals surface area contributed by atoms with E-state index in [4.69, 9.17) is 5.11 Å².